The van der Waals surface area contributed by atoms with Gasteiger partial charge in [-0.15, -0.1) is 11.3 Å². The molecule has 0 saturated carbocycles. The van der Waals surface area contributed by atoms with Crippen molar-refractivity contribution >= 4 is 22.1 Å². The van der Waals surface area contributed by atoms with E-state index < -0.39 is 0 Å². The molecule has 1 aromatic heterocycles. The minimum Gasteiger partial charge on any atom is -0.298 e. The Kier molecular flexibility index (Phi) is 4.15. The number of benzene rings is 2. The Labute approximate surface area is 141 Å². The molecule has 0 amide bonds. The molecule has 2 aromatic carbocycles. The third kappa shape index (κ3) is 3.17. The number of aromatic nitrogens is 1. The Bertz CT molecular complexity index is 803. The zero-order valence-electron chi connectivity index (χ0n) is 13.5. The van der Waals surface area contributed by atoms with Crippen LogP contribution in [0.15, 0.2) is 48.7 Å². The lowest BCUT2D eigenvalue weighted by Gasteiger charge is -2.32. The van der Waals surface area contributed by atoms with Crippen molar-refractivity contribution in [1.29, 1.82) is 0 Å². The summed E-state index contributed by atoms with van der Waals surface area (Å²) in [5.74, 6) is 0.609. The highest BCUT2D eigenvalue weighted by molar-refractivity contribution is 7.11. The second-order valence-corrected chi connectivity index (χ2v) is 7.79. The molecule has 1 fully saturated rings. The molecule has 118 valence electrons. The van der Waals surface area contributed by atoms with Crippen LogP contribution in [0.1, 0.15) is 34.2 Å². The summed E-state index contributed by atoms with van der Waals surface area (Å²) >= 11 is 1.87. The Morgan fingerprint density at radius 1 is 1.17 bits per heavy atom. The molecule has 1 unspecified atom stereocenters. The summed E-state index contributed by atoms with van der Waals surface area (Å²) in [6.45, 7) is 5.53. The van der Waals surface area contributed by atoms with Crippen molar-refractivity contribution in [3.05, 3.63) is 64.1 Å². The molecule has 1 aliphatic heterocycles. The van der Waals surface area contributed by atoms with Crippen molar-refractivity contribution in [2.75, 3.05) is 13.1 Å². The second kappa shape index (κ2) is 6.42. The van der Waals surface area contributed by atoms with E-state index in [9.17, 15) is 0 Å². The van der Waals surface area contributed by atoms with Gasteiger partial charge in [-0.25, -0.2) is 4.98 Å². The number of rotatable bonds is 3. The van der Waals surface area contributed by atoms with Gasteiger partial charge in [0.15, 0.2) is 0 Å². The highest BCUT2D eigenvalue weighted by Crippen LogP contribution is 2.31. The van der Waals surface area contributed by atoms with Gasteiger partial charge in [0.1, 0.15) is 0 Å². The van der Waals surface area contributed by atoms with E-state index in [4.69, 9.17) is 0 Å². The number of likely N-dealkylation sites (tertiary alicyclic amines) is 1. The van der Waals surface area contributed by atoms with Gasteiger partial charge in [0, 0.05) is 30.1 Å². The zero-order valence-corrected chi connectivity index (χ0v) is 14.4. The second-order valence-electron chi connectivity index (χ2n) is 6.52. The summed E-state index contributed by atoms with van der Waals surface area (Å²) in [5.41, 5.74) is 1.44. The van der Waals surface area contributed by atoms with Crippen LogP contribution < -0.4 is 0 Å². The molecule has 2 nitrogen and oxygen atoms in total. The molecule has 3 aromatic rings. The van der Waals surface area contributed by atoms with Crippen LogP contribution in [-0.2, 0) is 6.54 Å². The average molecular weight is 322 g/mol. The number of nitrogens with zero attached hydrogens (tertiary/aromatic N) is 2. The van der Waals surface area contributed by atoms with Crippen LogP contribution in [-0.4, -0.2) is 23.0 Å². The summed E-state index contributed by atoms with van der Waals surface area (Å²) in [4.78, 5) is 8.55. The molecule has 1 aliphatic rings. The predicted molar refractivity (Wildman–Crippen MR) is 98.1 cm³/mol. The van der Waals surface area contributed by atoms with Gasteiger partial charge < -0.3 is 0 Å². The van der Waals surface area contributed by atoms with E-state index in [1.807, 2.05) is 17.5 Å². The normalized spacial score (nSPS) is 19.3. The van der Waals surface area contributed by atoms with Crippen molar-refractivity contribution in [1.82, 2.24) is 9.88 Å². The Balaban J connectivity index is 1.54. The lowest BCUT2D eigenvalue weighted by Crippen LogP contribution is -2.33. The van der Waals surface area contributed by atoms with Crippen LogP contribution in [0.5, 0.6) is 0 Å². The zero-order chi connectivity index (χ0) is 15.6. The van der Waals surface area contributed by atoms with E-state index >= 15 is 0 Å². The lowest BCUT2D eigenvalue weighted by molar-refractivity contribution is 0.200. The summed E-state index contributed by atoms with van der Waals surface area (Å²) in [5, 5.41) is 4.06. The third-order valence-electron chi connectivity index (χ3n) is 4.77. The van der Waals surface area contributed by atoms with Gasteiger partial charge in [-0.1, -0.05) is 42.5 Å². The van der Waals surface area contributed by atoms with Gasteiger partial charge in [0.25, 0.3) is 0 Å². The minimum absolute atomic E-state index is 0.609. The highest BCUT2D eigenvalue weighted by atomic mass is 32.1. The summed E-state index contributed by atoms with van der Waals surface area (Å²) in [6.07, 6.45) is 4.57. The van der Waals surface area contributed by atoms with Crippen molar-refractivity contribution < 1.29 is 0 Å². The summed E-state index contributed by atoms with van der Waals surface area (Å²) < 4.78 is 0. The number of hydrogen-bond acceptors (Lipinski definition) is 3. The quantitative estimate of drug-likeness (QED) is 0.676. The Hall–Kier alpha value is -1.71. The van der Waals surface area contributed by atoms with Gasteiger partial charge in [0.2, 0.25) is 0 Å². The number of fused-ring (bicyclic) bond motifs is 1. The van der Waals surface area contributed by atoms with E-state index in [-0.39, 0.29) is 0 Å². The SMILES string of the molecule is Cc1cnc(C2CCCN(Cc3cccc4ccccc34)C2)s1. The van der Waals surface area contributed by atoms with Gasteiger partial charge in [-0.05, 0) is 42.6 Å². The van der Waals surface area contributed by atoms with Crippen LogP contribution in [0.3, 0.4) is 0 Å². The van der Waals surface area contributed by atoms with Gasteiger partial charge in [0.05, 0.1) is 5.01 Å². The molecule has 1 saturated heterocycles. The standard InChI is InChI=1S/C20H22N2S/c1-15-12-21-20(23-15)18-9-5-11-22(14-18)13-17-8-4-7-16-6-2-3-10-19(16)17/h2-4,6-8,10,12,18H,5,9,11,13-14H2,1H3. The number of thiazole rings is 1. The van der Waals surface area contributed by atoms with Crippen molar-refractivity contribution in [3.8, 4) is 0 Å². The fraction of sp³-hybridized carbons (Fsp3) is 0.350. The Morgan fingerprint density at radius 3 is 2.91 bits per heavy atom. The predicted octanol–water partition coefficient (Wildman–Crippen LogP) is 4.98. The van der Waals surface area contributed by atoms with Gasteiger partial charge >= 0.3 is 0 Å². The first kappa shape index (κ1) is 14.9. The molecule has 3 heteroatoms. The topological polar surface area (TPSA) is 16.1 Å². The number of hydrogen-bond donors (Lipinski definition) is 0. The van der Waals surface area contributed by atoms with Gasteiger partial charge in [-0.2, -0.15) is 0 Å². The minimum atomic E-state index is 0.609. The van der Waals surface area contributed by atoms with Crippen LogP contribution in [0, 0.1) is 6.92 Å². The fourth-order valence-corrected chi connectivity index (χ4v) is 4.53. The highest BCUT2D eigenvalue weighted by Gasteiger charge is 2.23. The number of aryl methyl sites for hydroxylation is 1. The molecule has 1 atom stereocenters. The molecule has 0 N–H and O–H groups in total. The van der Waals surface area contributed by atoms with E-state index in [1.54, 1.807) is 0 Å². The molecular weight excluding hydrogens is 300 g/mol. The monoisotopic (exact) mass is 322 g/mol. The van der Waals surface area contributed by atoms with Crippen molar-refractivity contribution in [2.24, 2.45) is 0 Å². The van der Waals surface area contributed by atoms with Crippen LogP contribution in [0.2, 0.25) is 0 Å². The lowest BCUT2D eigenvalue weighted by atomic mass is 9.97. The smallest absolute Gasteiger partial charge is 0.0971 e. The van der Waals surface area contributed by atoms with Crippen LogP contribution in [0.4, 0.5) is 0 Å². The van der Waals surface area contributed by atoms with Crippen LogP contribution in [0.25, 0.3) is 10.8 Å². The number of piperidine rings is 1. The third-order valence-corrected chi connectivity index (χ3v) is 5.84. The van der Waals surface area contributed by atoms with E-state index in [0.717, 1.165) is 13.1 Å². The maximum Gasteiger partial charge on any atom is 0.0971 e. The first-order chi connectivity index (χ1) is 11.3. The molecule has 0 radical (unpaired) electrons. The van der Waals surface area contributed by atoms with Crippen molar-refractivity contribution in [3.63, 3.8) is 0 Å². The van der Waals surface area contributed by atoms with Crippen molar-refractivity contribution in [2.45, 2.75) is 32.2 Å². The van der Waals surface area contributed by atoms with E-state index in [1.165, 1.54) is 45.6 Å². The first-order valence-corrected chi connectivity index (χ1v) is 9.22. The maximum absolute atomic E-state index is 4.62. The largest absolute Gasteiger partial charge is 0.298 e. The molecule has 4 rings (SSSR count). The molecule has 0 spiro atoms. The molecule has 2 heterocycles. The average Bonchev–Trinajstić information content (AvgIpc) is 3.02. The fourth-order valence-electron chi connectivity index (χ4n) is 3.63. The maximum atomic E-state index is 4.62. The van der Waals surface area contributed by atoms with Gasteiger partial charge in [-0.3, -0.25) is 4.90 Å². The Morgan fingerprint density at radius 2 is 2.04 bits per heavy atom. The molecule has 0 aliphatic carbocycles. The first-order valence-electron chi connectivity index (χ1n) is 8.41. The van der Waals surface area contributed by atoms with E-state index in [0.29, 0.717) is 5.92 Å². The summed E-state index contributed by atoms with van der Waals surface area (Å²) in [6, 6.07) is 15.4. The van der Waals surface area contributed by atoms with E-state index in [2.05, 4.69) is 59.3 Å². The molecule has 23 heavy (non-hydrogen) atoms. The molecular formula is C20H22N2S. The summed E-state index contributed by atoms with van der Waals surface area (Å²) in [7, 11) is 0. The van der Waals surface area contributed by atoms with Crippen LogP contribution >= 0.6 is 11.3 Å². The molecule has 0 bridgehead atoms.